The minimum atomic E-state index is -1.00. The summed E-state index contributed by atoms with van der Waals surface area (Å²) in [5.74, 6) is -2.33. The molecule has 220 valence electrons. The van der Waals surface area contributed by atoms with E-state index in [4.69, 9.17) is 4.74 Å². The molecule has 1 heterocycles. The quantitative estimate of drug-likeness (QED) is 0.269. The standard InChI is InChI=1S/C29H48N4O6/c1-11-13-14-18(21(34)24(36)30-15-12-2)31-23(35)20-19-17(29(19,9)10)16-33(20)25(37)22(27(3,4)5)32-26(38)39-28(6,7)8/h12,17-20,22H,2,11,13-16H2,1,3-10H3,(H,30,36)(H,31,35)(H,32,38). The fraction of sp³-hybridized carbons (Fsp3) is 0.759. The first kappa shape index (κ1) is 32.3. The molecule has 39 heavy (non-hydrogen) atoms. The Bertz CT molecular complexity index is 977. The zero-order valence-corrected chi connectivity index (χ0v) is 25.1. The number of ketones is 1. The molecule has 1 aliphatic carbocycles. The van der Waals surface area contributed by atoms with E-state index in [9.17, 15) is 24.0 Å². The smallest absolute Gasteiger partial charge is 0.408 e. The molecule has 0 spiro atoms. The van der Waals surface area contributed by atoms with Crippen LogP contribution >= 0.6 is 0 Å². The van der Waals surface area contributed by atoms with E-state index < -0.39 is 52.8 Å². The Morgan fingerprint density at radius 2 is 1.69 bits per heavy atom. The van der Waals surface area contributed by atoms with Crippen molar-refractivity contribution in [1.82, 2.24) is 20.9 Å². The van der Waals surface area contributed by atoms with Gasteiger partial charge in [-0.15, -0.1) is 6.58 Å². The van der Waals surface area contributed by atoms with Crippen molar-refractivity contribution in [2.45, 2.75) is 105 Å². The van der Waals surface area contributed by atoms with Gasteiger partial charge < -0.3 is 25.6 Å². The molecule has 0 bridgehead atoms. The molecular formula is C29H48N4O6. The molecule has 1 saturated heterocycles. The molecule has 1 saturated carbocycles. The van der Waals surface area contributed by atoms with Gasteiger partial charge in [-0.25, -0.2) is 4.79 Å². The molecule has 3 N–H and O–H groups in total. The van der Waals surface area contributed by atoms with Gasteiger partial charge in [0.2, 0.25) is 17.6 Å². The van der Waals surface area contributed by atoms with Crippen molar-refractivity contribution in [3.63, 3.8) is 0 Å². The van der Waals surface area contributed by atoms with Gasteiger partial charge in [-0.3, -0.25) is 19.2 Å². The summed E-state index contributed by atoms with van der Waals surface area (Å²) in [6, 6.07) is -2.76. The predicted molar refractivity (Wildman–Crippen MR) is 149 cm³/mol. The van der Waals surface area contributed by atoms with Gasteiger partial charge in [0.05, 0.1) is 6.04 Å². The lowest BCUT2D eigenvalue weighted by atomic mass is 9.85. The van der Waals surface area contributed by atoms with Gasteiger partial charge in [-0.05, 0) is 49.9 Å². The number of likely N-dealkylation sites (tertiary alicyclic amines) is 1. The topological polar surface area (TPSA) is 134 Å². The van der Waals surface area contributed by atoms with Crippen LogP contribution in [0, 0.1) is 22.7 Å². The van der Waals surface area contributed by atoms with Crippen molar-refractivity contribution in [1.29, 1.82) is 0 Å². The van der Waals surface area contributed by atoms with Crippen LogP contribution in [0.15, 0.2) is 12.7 Å². The van der Waals surface area contributed by atoms with Gasteiger partial charge in [-0.2, -0.15) is 0 Å². The first-order valence-corrected chi connectivity index (χ1v) is 13.9. The third kappa shape index (κ3) is 7.82. The van der Waals surface area contributed by atoms with Crippen molar-refractivity contribution in [2.24, 2.45) is 22.7 Å². The summed E-state index contributed by atoms with van der Waals surface area (Å²) in [5, 5.41) is 8.00. The summed E-state index contributed by atoms with van der Waals surface area (Å²) in [6.45, 7) is 20.9. The summed E-state index contributed by atoms with van der Waals surface area (Å²) < 4.78 is 5.40. The second kappa shape index (κ2) is 12.1. The van der Waals surface area contributed by atoms with Crippen molar-refractivity contribution < 1.29 is 28.7 Å². The molecule has 2 rings (SSSR count). The van der Waals surface area contributed by atoms with Crippen molar-refractivity contribution >= 4 is 29.6 Å². The van der Waals surface area contributed by atoms with E-state index in [2.05, 4.69) is 36.4 Å². The number of nitrogens with one attached hydrogen (secondary N) is 3. The number of amides is 4. The van der Waals surface area contributed by atoms with E-state index in [1.807, 2.05) is 27.7 Å². The summed E-state index contributed by atoms with van der Waals surface area (Å²) in [5.41, 5.74) is -1.56. The van der Waals surface area contributed by atoms with Gasteiger partial charge in [0.1, 0.15) is 17.7 Å². The van der Waals surface area contributed by atoms with Crippen molar-refractivity contribution in [3.05, 3.63) is 12.7 Å². The molecular weight excluding hydrogens is 500 g/mol. The molecule has 5 unspecified atom stereocenters. The molecule has 0 radical (unpaired) electrons. The van der Waals surface area contributed by atoms with Crippen LogP contribution < -0.4 is 16.0 Å². The third-order valence-corrected chi connectivity index (χ3v) is 7.64. The lowest BCUT2D eigenvalue weighted by Gasteiger charge is -2.38. The Morgan fingerprint density at radius 1 is 1.08 bits per heavy atom. The third-order valence-electron chi connectivity index (χ3n) is 7.64. The highest BCUT2D eigenvalue weighted by molar-refractivity contribution is 6.38. The molecule has 10 nitrogen and oxygen atoms in total. The normalized spacial score (nSPS) is 23.1. The van der Waals surface area contributed by atoms with Crippen LogP contribution in [0.2, 0.25) is 0 Å². The molecule has 2 fully saturated rings. The van der Waals surface area contributed by atoms with E-state index in [1.54, 1.807) is 20.8 Å². The summed E-state index contributed by atoms with van der Waals surface area (Å²) in [7, 11) is 0. The maximum Gasteiger partial charge on any atom is 0.408 e. The van der Waals surface area contributed by atoms with Gasteiger partial charge in [0.15, 0.2) is 0 Å². The summed E-state index contributed by atoms with van der Waals surface area (Å²) >= 11 is 0. The molecule has 0 aromatic heterocycles. The van der Waals surface area contributed by atoms with Crippen molar-refractivity contribution in [3.8, 4) is 0 Å². The second-order valence-electron chi connectivity index (χ2n) is 13.4. The molecule has 0 aromatic rings. The average Bonchev–Trinajstić information content (AvgIpc) is 3.14. The van der Waals surface area contributed by atoms with E-state index in [-0.39, 0.29) is 29.7 Å². The SMILES string of the molecule is C=CCNC(=O)C(=O)C(CCCC)NC(=O)C1C2C(CN1C(=O)C(NC(=O)OC(C)(C)C)C(C)(C)C)C2(C)C. The van der Waals surface area contributed by atoms with E-state index >= 15 is 0 Å². The number of carbonyl (C=O) groups excluding carboxylic acids is 5. The van der Waals surface area contributed by atoms with Gasteiger partial charge in [-0.1, -0.05) is 60.5 Å². The highest BCUT2D eigenvalue weighted by Gasteiger charge is 2.70. The van der Waals surface area contributed by atoms with Crippen LogP contribution in [0.1, 0.15) is 81.6 Å². The first-order valence-electron chi connectivity index (χ1n) is 13.9. The number of piperidine rings is 1. The number of fused-ring (bicyclic) bond motifs is 1. The lowest BCUT2D eigenvalue weighted by molar-refractivity contribution is -0.145. The summed E-state index contributed by atoms with van der Waals surface area (Å²) in [6.07, 6.45) is 2.49. The zero-order valence-electron chi connectivity index (χ0n) is 25.1. The predicted octanol–water partition coefficient (Wildman–Crippen LogP) is 2.96. The maximum atomic E-state index is 13.9. The lowest BCUT2D eigenvalue weighted by Crippen LogP contribution is -2.60. The van der Waals surface area contributed by atoms with Gasteiger partial charge in [0.25, 0.3) is 5.91 Å². The van der Waals surface area contributed by atoms with Crippen LogP contribution in [0.25, 0.3) is 0 Å². The number of alkyl carbamates (subject to hydrolysis) is 1. The van der Waals surface area contributed by atoms with Crippen LogP contribution in [-0.4, -0.2) is 71.3 Å². The van der Waals surface area contributed by atoms with Crippen LogP contribution in [-0.2, 0) is 23.9 Å². The Labute approximate surface area is 233 Å². The molecule has 5 atom stereocenters. The molecule has 2 aliphatic rings. The molecule has 0 aromatic carbocycles. The van der Waals surface area contributed by atoms with Crippen LogP contribution in [0.3, 0.4) is 0 Å². The Morgan fingerprint density at radius 3 is 2.21 bits per heavy atom. The zero-order chi connectivity index (χ0) is 29.9. The highest BCUT2D eigenvalue weighted by Crippen LogP contribution is 2.65. The number of unbranched alkanes of at least 4 members (excludes halogenated alkanes) is 1. The number of hydrogen-bond donors (Lipinski definition) is 3. The number of nitrogens with zero attached hydrogens (tertiary/aromatic N) is 1. The summed E-state index contributed by atoms with van der Waals surface area (Å²) in [4.78, 5) is 67.1. The van der Waals surface area contributed by atoms with Gasteiger partial charge >= 0.3 is 6.09 Å². The fourth-order valence-corrected chi connectivity index (χ4v) is 5.40. The minimum Gasteiger partial charge on any atom is -0.444 e. The fourth-order valence-electron chi connectivity index (χ4n) is 5.40. The Kier molecular flexibility index (Phi) is 10.0. The van der Waals surface area contributed by atoms with E-state index in [1.165, 1.54) is 11.0 Å². The Balaban J connectivity index is 2.31. The number of Topliss-reactive ketones (excluding diaryl/α,β-unsaturated/α-hetero) is 1. The molecule has 10 heteroatoms. The average molecular weight is 549 g/mol. The largest absolute Gasteiger partial charge is 0.444 e. The molecule has 1 aliphatic heterocycles. The number of carbonyl (C=O) groups is 5. The Hall–Kier alpha value is -2.91. The monoisotopic (exact) mass is 548 g/mol. The van der Waals surface area contributed by atoms with Crippen LogP contribution in [0.4, 0.5) is 4.79 Å². The maximum absolute atomic E-state index is 13.9. The van der Waals surface area contributed by atoms with E-state index in [0.29, 0.717) is 19.4 Å². The number of ether oxygens (including phenoxy) is 1. The number of rotatable bonds is 11. The second-order valence-corrected chi connectivity index (χ2v) is 13.4. The minimum absolute atomic E-state index is 0.0971. The first-order chi connectivity index (χ1) is 17.9. The van der Waals surface area contributed by atoms with Gasteiger partial charge in [0, 0.05) is 13.1 Å². The number of hydrogen-bond acceptors (Lipinski definition) is 6. The van der Waals surface area contributed by atoms with Crippen LogP contribution in [0.5, 0.6) is 0 Å². The molecule has 4 amide bonds. The van der Waals surface area contributed by atoms with Crippen molar-refractivity contribution in [2.75, 3.05) is 13.1 Å². The van der Waals surface area contributed by atoms with E-state index in [0.717, 1.165) is 6.42 Å². The highest BCUT2D eigenvalue weighted by atomic mass is 16.6.